The molecule has 0 saturated carbocycles. The monoisotopic (exact) mass is 229 g/mol. The standard InChI is InChI=1S/C14H19N3/c1-9-4-5-10(2)12(8-9)6-7-13-11(3)16-14(15)17-13/h4-5,8H,6-7H2,1-3H3,(H3,15,16,17). The van der Waals surface area contributed by atoms with Crippen LogP contribution >= 0.6 is 0 Å². The van der Waals surface area contributed by atoms with Crippen molar-refractivity contribution in [3.8, 4) is 0 Å². The first-order valence-corrected chi connectivity index (χ1v) is 5.93. The summed E-state index contributed by atoms with van der Waals surface area (Å²) in [6.07, 6.45) is 1.95. The Morgan fingerprint density at radius 1 is 1.18 bits per heavy atom. The van der Waals surface area contributed by atoms with E-state index in [1.165, 1.54) is 16.7 Å². The molecule has 0 saturated heterocycles. The molecule has 2 aromatic rings. The van der Waals surface area contributed by atoms with Crippen LogP contribution in [0.5, 0.6) is 0 Å². The normalized spacial score (nSPS) is 10.8. The predicted octanol–water partition coefficient (Wildman–Crippen LogP) is 2.70. The second-order valence-electron chi connectivity index (χ2n) is 4.62. The Morgan fingerprint density at radius 2 is 1.94 bits per heavy atom. The van der Waals surface area contributed by atoms with Crippen LogP contribution in [0.3, 0.4) is 0 Å². The molecule has 0 fully saturated rings. The lowest BCUT2D eigenvalue weighted by atomic mass is 10.0. The fourth-order valence-electron chi connectivity index (χ4n) is 2.09. The molecule has 17 heavy (non-hydrogen) atoms. The van der Waals surface area contributed by atoms with Crippen LogP contribution in [-0.4, -0.2) is 9.97 Å². The van der Waals surface area contributed by atoms with E-state index >= 15 is 0 Å². The van der Waals surface area contributed by atoms with Gasteiger partial charge in [0.25, 0.3) is 0 Å². The Hall–Kier alpha value is -1.77. The predicted molar refractivity (Wildman–Crippen MR) is 71.1 cm³/mol. The van der Waals surface area contributed by atoms with Gasteiger partial charge in [-0.3, -0.25) is 0 Å². The summed E-state index contributed by atoms with van der Waals surface area (Å²) in [7, 11) is 0. The summed E-state index contributed by atoms with van der Waals surface area (Å²) in [6.45, 7) is 6.29. The van der Waals surface area contributed by atoms with Gasteiger partial charge in [0.2, 0.25) is 0 Å². The largest absolute Gasteiger partial charge is 0.369 e. The number of imidazole rings is 1. The molecule has 0 amide bonds. The number of nitrogens with zero attached hydrogens (tertiary/aromatic N) is 1. The summed E-state index contributed by atoms with van der Waals surface area (Å²) in [4.78, 5) is 7.34. The van der Waals surface area contributed by atoms with Gasteiger partial charge in [-0.05, 0) is 44.7 Å². The first kappa shape index (κ1) is 11.7. The SMILES string of the molecule is Cc1ccc(C)c(CCc2nc(N)[nH]c2C)c1. The summed E-state index contributed by atoms with van der Waals surface area (Å²) in [5.41, 5.74) is 11.8. The van der Waals surface area contributed by atoms with Gasteiger partial charge in [-0.25, -0.2) is 4.98 Å². The maximum atomic E-state index is 5.64. The number of nitrogens with one attached hydrogen (secondary N) is 1. The number of nitrogen functional groups attached to an aromatic ring is 1. The lowest BCUT2D eigenvalue weighted by Gasteiger charge is -2.06. The molecule has 0 atom stereocenters. The number of benzene rings is 1. The maximum Gasteiger partial charge on any atom is 0.197 e. The summed E-state index contributed by atoms with van der Waals surface area (Å²) in [5.74, 6) is 0.512. The number of aromatic amines is 1. The zero-order valence-electron chi connectivity index (χ0n) is 10.7. The third-order valence-corrected chi connectivity index (χ3v) is 3.14. The van der Waals surface area contributed by atoms with Crippen LogP contribution in [0.15, 0.2) is 18.2 Å². The highest BCUT2D eigenvalue weighted by atomic mass is 15.0. The summed E-state index contributed by atoms with van der Waals surface area (Å²) in [6, 6.07) is 6.58. The van der Waals surface area contributed by atoms with E-state index in [0.717, 1.165) is 24.2 Å². The highest BCUT2D eigenvalue weighted by Crippen LogP contribution is 2.15. The molecule has 2 rings (SSSR count). The van der Waals surface area contributed by atoms with E-state index in [9.17, 15) is 0 Å². The molecule has 90 valence electrons. The lowest BCUT2D eigenvalue weighted by molar-refractivity contribution is 0.905. The maximum absolute atomic E-state index is 5.64. The Kier molecular flexibility index (Phi) is 3.18. The second-order valence-corrected chi connectivity index (χ2v) is 4.62. The molecule has 0 radical (unpaired) electrons. The summed E-state index contributed by atoms with van der Waals surface area (Å²) in [5, 5.41) is 0. The lowest BCUT2D eigenvalue weighted by Crippen LogP contribution is -1.97. The molecule has 0 unspecified atom stereocenters. The Bertz CT molecular complexity index is 526. The third kappa shape index (κ3) is 2.67. The van der Waals surface area contributed by atoms with Crippen LogP contribution in [0.2, 0.25) is 0 Å². The van der Waals surface area contributed by atoms with Crippen LogP contribution in [0, 0.1) is 20.8 Å². The van der Waals surface area contributed by atoms with Crippen LogP contribution in [0.4, 0.5) is 5.95 Å². The van der Waals surface area contributed by atoms with Gasteiger partial charge < -0.3 is 10.7 Å². The van der Waals surface area contributed by atoms with Crippen LogP contribution in [-0.2, 0) is 12.8 Å². The Balaban J connectivity index is 2.12. The molecule has 3 N–H and O–H groups in total. The van der Waals surface area contributed by atoms with Crippen molar-refractivity contribution in [3.63, 3.8) is 0 Å². The van der Waals surface area contributed by atoms with E-state index in [-0.39, 0.29) is 0 Å². The van der Waals surface area contributed by atoms with Crippen molar-refractivity contribution in [2.24, 2.45) is 0 Å². The average molecular weight is 229 g/mol. The highest BCUT2D eigenvalue weighted by molar-refractivity contribution is 5.32. The average Bonchev–Trinajstić information content (AvgIpc) is 2.59. The molecule has 1 heterocycles. The molecule has 0 aliphatic heterocycles. The zero-order valence-corrected chi connectivity index (χ0v) is 10.7. The molecule has 0 spiro atoms. The molecule has 1 aromatic heterocycles. The van der Waals surface area contributed by atoms with E-state index in [1.54, 1.807) is 0 Å². The Morgan fingerprint density at radius 3 is 2.59 bits per heavy atom. The first-order valence-electron chi connectivity index (χ1n) is 5.93. The number of hydrogen-bond acceptors (Lipinski definition) is 2. The second kappa shape index (κ2) is 4.62. The quantitative estimate of drug-likeness (QED) is 0.850. The van der Waals surface area contributed by atoms with Crippen molar-refractivity contribution in [2.75, 3.05) is 5.73 Å². The van der Waals surface area contributed by atoms with E-state index in [2.05, 4.69) is 42.0 Å². The minimum absolute atomic E-state index is 0.512. The van der Waals surface area contributed by atoms with E-state index in [0.29, 0.717) is 5.95 Å². The molecule has 0 aliphatic carbocycles. The number of aromatic nitrogens is 2. The van der Waals surface area contributed by atoms with Crippen molar-refractivity contribution in [2.45, 2.75) is 33.6 Å². The van der Waals surface area contributed by atoms with Gasteiger partial charge in [0.05, 0.1) is 5.69 Å². The summed E-state index contributed by atoms with van der Waals surface area (Å²) < 4.78 is 0. The smallest absolute Gasteiger partial charge is 0.197 e. The number of aryl methyl sites for hydroxylation is 5. The zero-order chi connectivity index (χ0) is 12.4. The van der Waals surface area contributed by atoms with Gasteiger partial charge in [0, 0.05) is 5.69 Å². The highest BCUT2D eigenvalue weighted by Gasteiger charge is 2.06. The molecule has 3 nitrogen and oxygen atoms in total. The number of H-pyrrole nitrogens is 1. The van der Waals surface area contributed by atoms with Gasteiger partial charge in [0.1, 0.15) is 0 Å². The fourth-order valence-corrected chi connectivity index (χ4v) is 2.09. The van der Waals surface area contributed by atoms with E-state index < -0.39 is 0 Å². The van der Waals surface area contributed by atoms with Crippen LogP contribution in [0.25, 0.3) is 0 Å². The first-order chi connectivity index (χ1) is 8.06. The molecular formula is C14H19N3. The molecule has 1 aromatic carbocycles. The van der Waals surface area contributed by atoms with E-state index in [1.807, 2.05) is 6.92 Å². The topological polar surface area (TPSA) is 54.7 Å². The van der Waals surface area contributed by atoms with Gasteiger partial charge in [-0.15, -0.1) is 0 Å². The number of anilines is 1. The molecule has 3 heteroatoms. The summed E-state index contributed by atoms with van der Waals surface area (Å²) >= 11 is 0. The van der Waals surface area contributed by atoms with Crippen molar-refractivity contribution < 1.29 is 0 Å². The minimum Gasteiger partial charge on any atom is -0.369 e. The molecule has 0 aliphatic rings. The van der Waals surface area contributed by atoms with Crippen LogP contribution in [0.1, 0.15) is 28.1 Å². The van der Waals surface area contributed by atoms with Gasteiger partial charge >= 0.3 is 0 Å². The van der Waals surface area contributed by atoms with E-state index in [4.69, 9.17) is 5.73 Å². The minimum atomic E-state index is 0.512. The molecular weight excluding hydrogens is 210 g/mol. The van der Waals surface area contributed by atoms with Crippen molar-refractivity contribution in [1.29, 1.82) is 0 Å². The van der Waals surface area contributed by atoms with Crippen molar-refractivity contribution in [1.82, 2.24) is 9.97 Å². The van der Waals surface area contributed by atoms with Crippen molar-refractivity contribution in [3.05, 3.63) is 46.3 Å². The van der Waals surface area contributed by atoms with Gasteiger partial charge in [-0.1, -0.05) is 23.8 Å². The van der Waals surface area contributed by atoms with Crippen molar-refractivity contribution >= 4 is 5.95 Å². The van der Waals surface area contributed by atoms with Gasteiger partial charge in [-0.2, -0.15) is 0 Å². The van der Waals surface area contributed by atoms with Crippen LogP contribution < -0.4 is 5.73 Å². The van der Waals surface area contributed by atoms with Gasteiger partial charge in [0.15, 0.2) is 5.95 Å². The number of rotatable bonds is 3. The number of hydrogen-bond donors (Lipinski definition) is 2. The fraction of sp³-hybridized carbons (Fsp3) is 0.357. The third-order valence-electron chi connectivity index (χ3n) is 3.14. The molecule has 0 bridgehead atoms. The Labute approximate surface area is 102 Å². The number of nitrogens with two attached hydrogens (primary N) is 1.